The second-order valence-electron chi connectivity index (χ2n) is 6.81. The number of nitrogens with one attached hydrogen (secondary N) is 1. The van der Waals surface area contributed by atoms with Gasteiger partial charge in [0.1, 0.15) is 11.2 Å². The molecule has 1 aromatic heterocycles. The van der Waals surface area contributed by atoms with E-state index in [0.29, 0.717) is 24.9 Å². The van der Waals surface area contributed by atoms with Gasteiger partial charge in [0.25, 0.3) is 0 Å². The topological polar surface area (TPSA) is 54.7 Å². The highest BCUT2D eigenvalue weighted by Gasteiger charge is 2.33. The first-order chi connectivity index (χ1) is 10.8. The minimum atomic E-state index is -0.459. The number of fused-ring (bicyclic) bond motifs is 1. The van der Waals surface area contributed by atoms with E-state index < -0.39 is 5.60 Å². The highest BCUT2D eigenvalue weighted by molar-refractivity contribution is 6.30. The zero-order chi connectivity index (χ0) is 16.6. The molecule has 3 rings (SSSR count). The minimum absolute atomic E-state index is 0.243. The Bertz CT molecular complexity index is 714. The molecule has 0 aliphatic carbocycles. The largest absolute Gasteiger partial charge is 0.444 e. The van der Waals surface area contributed by atoms with Gasteiger partial charge in [-0.15, -0.1) is 0 Å². The Morgan fingerprint density at radius 3 is 2.78 bits per heavy atom. The van der Waals surface area contributed by atoms with Crippen LogP contribution in [-0.2, 0) is 11.3 Å². The van der Waals surface area contributed by atoms with Crippen molar-refractivity contribution in [3.63, 3.8) is 0 Å². The lowest BCUT2D eigenvalue weighted by Gasteiger charge is -2.40. The van der Waals surface area contributed by atoms with E-state index in [4.69, 9.17) is 20.8 Å². The summed E-state index contributed by atoms with van der Waals surface area (Å²) in [6.07, 6.45) is -0.262. The number of amides is 1. The molecule has 0 atom stereocenters. The number of hydrogen-bond acceptors (Lipinski definition) is 4. The van der Waals surface area contributed by atoms with Crippen LogP contribution in [-0.4, -0.2) is 35.7 Å². The lowest BCUT2D eigenvalue weighted by Crippen LogP contribution is -2.60. The molecule has 1 aromatic carbocycles. The Balaban J connectivity index is 1.53. The number of furan rings is 1. The van der Waals surface area contributed by atoms with Crippen molar-refractivity contribution in [1.29, 1.82) is 0 Å². The molecule has 1 N–H and O–H groups in total. The Labute approximate surface area is 140 Å². The van der Waals surface area contributed by atoms with Gasteiger partial charge in [-0.3, -0.25) is 0 Å². The van der Waals surface area contributed by atoms with Gasteiger partial charge in [0.05, 0.1) is 0 Å². The second kappa shape index (κ2) is 6.06. The summed E-state index contributed by atoms with van der Waals surface area (Å²) in [5.41, 5.74) is 1.29. The van der Waals surface area contributed by atoms with Gasteiger partial charge in [0.2, 0.25) is 0 Å². The van der Waals surface area contributed by atoms with Crippen LogP contribution >= 0.6 is 11.6 Å². The molecule has 6 heteroatoms. The average molecular weight is 337 g/mol. The first-order valence-corrected chi connectivity index (χ1v) is 8.08. The maximum Gasteiger partial charge on any atom is 0.410 e. The van der Waals surface area contributed by atoms with E-state index in [2.05, 4.69) is 5.32 Å². The fraction of sp³-hybridized carbons (Fsp3) is 0.471. The molecule has 5 nitrogen and oxygen atoms in total. The van der Waals surface area contributed by atoms with Crippen molar-refractivity contribution in [2.45, 2.75) is 39.0 Å². The minimum Gasteiger partial charge on any atom is -0.444 e. The monoisotopic (exact) mass is 336 g/mol. The number of carbonyl (C=O) groups is 1. The Morgan fingerprint density at radius 1 is 1.39 bits per heavy atom. The van der Waals surface area contributed by atoms with Gasteiger partial charge in [0.15, 0.2) is 5.22 Å². The number of benzene rings is 1. The number of halogens is 1. The fourth-order valence-corrected chi connectivity index (χ4v) is 2.82. The maximum atomic E-state index is 11.9. The number of likely N-dealkylation sites (tertiary alicyclic amines) is 1. The van der Waals surface area contributed by atoms with Gasteiger partial charge in [-0.25, -0.2) is 4.79 Å². The average Bonchev–Trinajstić information content (AvgIpc) is 2.71. The summed E-state index contributed by atoms with van der Waals surface area (Å²) in [7, 11) is 0. The third kappa shape index (κ3) is 3.62. The van der Waals surface area contributed by atoms with E-state index in [1.54, 1.807) is 4.90 Å². The van der Waals surface area contributed by atoms with Gasteiger partial charge in [-0.05, 0) is 38.4 Å². The smallest absolute Gasteiger partial charge is 0.410 e. The van der Waals surface area contributed by atoms with Crippen molar-refractivity contribution in [3.8, 4) is 0 Å². The number of carbonyl (C=O) groups excluding carboxylic acids is 1. The molecule has 0 radical (unpaired) electrons. The van der Waals surface area contributed by atoms with Crippen LogP contribution in [0.5, 0.6) is 0 Å². The quantitative estimate of drug-likeness (QED) is 0.926. The Kier molecular flexibility index (Phi) is 4.25. The van der Waals surface area contributed by atoms with Crippen LogP contribution in [0.15, 0.2) is 28.7 Å². The van der Waals surface area contributed by atoms with Crippen molar-refractivity contribution in [1.82, 2.24) is 10.2 Å². The molecule has 1 fully saturated rings. The third-order valence-corrected chi connectivity index (χ3v) is 4.06. The summed E-state index contributed by atoms with van der Waals surface area (Å²) in [6, 6.07) is 8.02. The van der Waals surface area contributed by atoms with Gasteiger partial charge in [0, 0.05) is 36.6 Å². The zero-order valence-corrected chi connectivity index (χ0v) is 14.3. The normalized spacial score (nSPS) is 15.7. The molecule has 2 aromatic rings. The molecule has 0 bridgehead atoms. The summed E-state index contributed by atoms with van der Waals surface area (Å²) < 4.78 is 10.9. The molecule has 1 aliphatic rings. The maximum absolute atomic E-state index is 11.9. The van der Waals surface area contributed by atoms with Crippen LogP contribution in [0.2, 0.25) is 5.22 Å². The van der Waals surface area contributed by atoms with Gasteiger partial charge in [-0.1, -0.05) is 18.2 Å². The molecule has 23 heavy (non-hydrogen) atoms. The Morgan fingerprint density at radius 2 is 2.09 bits per heavy atom. The lowest BCUT2D eigenvalue weighted by molar-refractivity contribution is 0.00518. The van der Waals surface area contributed by atoms with E-state index in [1.165, 1.54) is 0 Å². The molecule has 1 aliphatic heterocycles. The molecule has 0 spiro atoms. The van der Waals surface area contributed by atoms with Crippen LogP contribution < -0.4 is 5.32 Å². The number of para-hydroxylation sites is 1. The predicted molar refractivity (Wildman–Crippen MR) is 89.7 cm³/mol. The number of ether oxygens (including phenoxy) is 1. The summed E-state index contributed by atoms with van der Waals surface area (Å²) >= 11 is 6.17. The van der Waals surface area contributed by atoms with Crippen molar-refractivity contribution >= 4 is 28.7 Å². The fourth-order valence-electron chi connectivity index (χ4n) is 2.56. The highest BCUT2D eigenvalue weighted by atomic mass is 35.5. The molecule has 1 saturated heterocycles. The molecule has 0 unspecified atom stereocenters. The van der Waals surface area contributed by atoms with Gasteiger partial charge in [-0.2, -0.15) is 0 Å². The summed E-state index contributed by atoms with van der Waals surface area (Å²) in [4.78, 5) is 13.6. The van der Waals surface area contributed by atoms with Gasteiger partial charge < -0.3 is 19.4 Å². The molecule has 124 valence electrons. The number of rotatable bonds is 3. The molecular weight excluding hydrogens is 316 g/mol. The van der Waals surface area contributed by atoms with Crippen LogP contribution in [0.25, 0.3) is 11.0 Å². The Hall–Kier alpha value is -1.72. The van der Waals surface area contributed by atoms with Crippen molar-refractivity contribution in [3.05, 3.63) is 35.0 Å². The van der Waals surface area contributed by atoms with Crippen LogP contribution in [0.1, 0.15) is 26.3 Å². The predicted octanol–water partition coefficient (Wildman–Crippen LogP) is 3.80. The highest BCUT2D eigenvalue weighted by Crippen LogP contribution is 2.29. The van der Waals surface area contributed by atoms with E-state index >= 15 is 0 Å². The van der Waals surface area contributed by atoms with Crippen LogP contribution in [0, 0.1) is 0 Å². The first-order valence-electron chi connectivity index (χ1n) is 7.71. The summed E-state index contributed by atoms with van der Waals surface area (Å²) in [5, 5.41) is 4.85. The second-order valence-corrected chi connectivity index (χ2v) is 7.16. The van der Waals surface area contributed by atoms with Gasteiger partial charge >= 0.3 is 6.09 Å². The first kappa shape index (κ1) is 16.1. The lowest BCUT2D eigenvalue weighted by atomic mass is 10.1. The zero-order valence-electron chi connectivity index (χ0n) is 13.6. The van der Waals surface area contributed by atoms with Crippen molar-refractivity contribution in [2.24, 2.45) is 0 Å². The number of nitrogens with zero attached hydrogens (tertiary/aromatic N) is 1. The molecule has 2 heterocycles. The van der Waals surface area contributed by atoms with E-state index in [1.807, 2.05) is 45.0 Å². The van der Waals surface area contributed by atoms with Crippen LogP contribution in [0.4, 0.5) is 4.79 Å². The van der Waals surface area contributed by atoms with E-state index in [0.717, 1.165) is 16.5 Å². The third-order valence-electron chi connectivity index (χ3n) is 3.75. The summed E-state index contributed by atoms with van der Waals surface area (Å²) in [5.74, 6) is 0. The van der Waals surface area contributed by atoms with E-state index in [-0.39, 0.29) is 12.1 Å². The van der Waals surface area contributed by atoms with Crippen LogP contribution in [0.3, 0.4) is 0 Å². The van der Waals surface area contributed by atoms with Crippen molar-refractivity contribution in [2.75, 3.05) is 13.1 Å². The molecular formula is C17H21ClN2O3. The van der Waals surface area contributed by atoms with E-state index in [9.17, 15) is 4.79 Å². The molecule has 1 amide bonds. The number of hydrogen-bond donors (Lipinski definition) is 1. The van der Waals surface area contributed by atoms with Crippen molar-refractivity contribution < 1.29 is 13.9 Å². The SMILES string of the molecule is CC(C)(C)OC(=O)N1CC(NCc2c(Cl)oc3ccccc23)C1. The standard InChI is InChI=1S/C17H21ClN2O3/c1-17(2,3)23-16(21)20-9-11(10-20)19-8-13-12-6-4-5-7-14(12)22-15(13)18/h4-7,11,19H,8-10H2,1-3H3. The summed E-state index contributed by atoms with van der Waals surface area (Å²) in [6.45, 7) is 7.50. The molecule has 0 saturated carbocycles.